The van der Waals surface area contributed by atoms with Gasteiger partial charge < -0.3 is 9.88 Å². The molecule has 0 radical (unpaired) electrons. The van der Waals surface area contributed by atoms with Gasteiger partial charge in [-0.05, 0) is 60.9 Å². The number of para-hydroxylation sites is 1. The summed E-state index contributed by atoms with van der Waals surface area (Å²) in [5.74, 6) is -0.637. The third-order valence-corrected chi connectivity index (χ3v) is 5.73. The van der Waals surface area contributed by atoms with Gasteiger partial charge in [0.1, 0.15) is 18.1 Å². The van der Waals surface area contributed by atoms with E-state index in [0.717, 1.165) is 27.6 Å². The SMILES string of the molecule is Cc1cc(C)cc(NC(=O)Cn2nc3c4ccccc4n(Cc4cccc(F)c4)cc-3c2=O)c1. The Morgan fingerprint density at radius 2 is 1.76 bits per heavy atom. The van der Waals surface area contributed by atoms with E-state index in [1.807, 2.05) is 66.9 Å². The van der Waals surface area contributed by atoms with Gasteiger partial charge >= 0.3 is 0 Å². The van der Waals surface area contributed by atoms with Crippen molar-refractivity contribution >= 4 is 22.5 Å². The molecule has 0 fully saturated rings. The van der Waals surface area contributed by atoms with Crippen molar-refractivity contribution in [2.45, 2.75) is 26.9 Å². The van der Waals surface area contributed by atoms with Gasteiger partial charge in [0.25, 0.3) is 5.56 Å². The highest BCUT2D eigenvalue weighted by Crippen LogP contribution is 2.28. The van der Waals surface area contributed by atoms with Gasteiger partial charge in [0, 0.05) is 23.8 Å². The summed E-state index contributed by atoms with van der Waals surface area (Å²) in [4.78, 5) is 25.9. The molecule has 0 spiro atoms. The van der Waals surface area contributed by atoms with E-state index in [1.165, 1.54) is 16.8 Å². The molecule has 0 saturated heterocycles. The number of halogens is 1. The number of nitrogens with zero attached hydrogens (tertiary/aromatic N) is 3. The zero-order chi connectivity index (χ0) is 23.8. The Kier molecular flexibility index (Phi) is 5.45. The van der Waals surface area contributed by atoms with Gasteiger partial charge in [-0.1, -0.05) is 36.4 Å². The van der Waals surface area contributed by atoms with Crippen LogP contribution in [0.4, 0.5) is 10.1 Å². The second-order valence-corrected chi connectivity index (χ2v) is 8.55. The summed E-state index contributed by atoms with van der Waals surface area (Å²) in [5, 5.41) is 8.13. The maximum Gasteiger partial charge on any atom is 0.278 e. The number of amides is 1. The standard InChI is InChI=1S/C27H23FN4O2/c1-17-10-18(2)12-21(11-17)29-25(33)16-32-27(34)23-15-31(14-19-6-5-7-20(28)13-19)24-9-4-3-8-22(24)26(23)30-32/h3-13,15H,14,16H2,1-2H3,(H,29,33). The Labute approximate surface area is 195 Å². The molecule has 0 bridgehead atoms. The molecule has 34 heavy (non-hydrogen) atoms. The van der Waals surface area contributed by atoms with E-state index in [-0.39, 0.29) is 23.8 Å². The van der Waals surface area contributed by atoms with Gasteiger partial charge in [-0.25, -0.2) is 9.07 Å². The van der Waals surface area contributed by atoms with Crippen LogP contribution in [0.15, 0.2) is 77.7 Å². The molecule has 0 saturated carbocycles. The van der Waals surface area contributed by atoms with Crippen LogP contribution in [0, 0.1) is 19.7 Å². The van der Waals surface area contributed by atoms with E-state index in [9.17, 15) is 14.0 Å². The largest absolute Gasteiger partial charge is 0.342 e. The summed E-state index contributed by atoms with van der Waals surface area (Å²) in [7, 11) is 0. The molecule has 1 amide bonds. The third kappa shape index (κ3) is 4.20. The molecule has 1 N–H and O–H groups in total. The molecule has 0 unspecified atom stereocenters. The van der Waals surface area contributed by atoms with Gasteiger partial charge in [0.05, 0.1) is 11.1 Å². The molecule has 2 heterocycles. The van der Waals surface area contributed by atoms with Crippen LogP contribution in [0.5, 0.6) is 0 Å². The Bertz CT molecular complexity index is 1550. The number of pyridine rings is 1. The van der Waals surface area contributed by atoms with Crippen molar-refractivity contribution in [1.29, 1.82) is 0 Å². The number of nitrogens with one attached hydrogen (secondary N) is 1. The highest BCUT2D eigenvalue weighted by molar-refractivity contribution is 5.94. The molecule has 0 aromatic heterocycles. The highest BCUT2D eigenvalue weighted by Gasteiger charge is 2.21. The van der Waals surface area contributed by atoms with Crippen LogP contribution in [0.1, 0.15) is 16.7 Å². The Balaban J connectivity index is 1.52. The third-order valence-electron chi connectivity index (χ3n) is 5.73. The fraction of sp³-hybridized carbons (Fsp3) is 0.148. The number of carbonyl (C=O) groups excluding carboxylic acids is 1. The normalized spacial score (nSPS) is 11.3. The summed E-state index contributed by atoms with van der Waals surface area (Å²) >= 11 is 0. The van der Waals surface area contributed by atoms with Crippen LogP contribution in [0.25, 0.3) is 22.2 Å². The maximum atomic E-state index is 13.7. The minimum Gasteiger partial charge on any atom is -0.342 e. The number of hydrogen-bond acceptors (Lipinski definition) is 3. The predicted molar refractivity (Wildman–Crippen MR) is 131 cm³/mol. The zero-order valence-corrected chi connectivity index (χ0v) is 18.9. The minimum absolute atomic E-state index is 0.196. The van der Waals surface area contributed by atoms with Gasteiger partial charge in [-0.3, -0.25) is 9.59 Å². The smallest absolute Gasteiger partial charge is 0.278 e. The van der Waals surface area contributed by atoms with Crippen molar-refractivity contribution in [2.75, 3.05) is 5.32 Å². The fourth-order valence-electron chi connectivity index (χ4n) is 4.38. The average molecular weight is 455 g/mol. The topological polar surface area (TPSA) is 68.9 Å². The number of rotatable bonds is 5. The second kappa shape index (κ2) is 8.59. The van der Waals surface area contributed by atoms with E-state index < -0.39 is 0 Å². The molecular formula is C27H23FN4O2. The number of benzene rings is 3. The molecule has 2 aliphatic heterocycles. The zero-order valence-electron chi connectivity index (χ0n) is 18.9. The first kappa shape index (κ1) is 21.6. The lowest BCUT2D eigenvalue weighted by Crippen LogP contribution is -2.26. The van der Waals surface area contributed by atoms with E-state index in [0.29, 0.717) is 23.5 Å². The summed E-state index contributed by atoms with van der Waals surface area (Å²) in [6.07, 6.45) is 1.73. The quantitative estimate of drug-likeness (QED) is 0.417. The van der Waals surface area contributed by atoms with Crippen molar-refractivity contribution in [2.24, 2.45) is 0 Å². The van der Waals surface area contributed by atoms with E-state index >= 15 is 0 Å². The average Bonchev–Trinajstić information content (AvgIpc) is 3.08. The van der Waals surface area contributed by atoms with Gasteiger partial charge in [-0.15, -0.1) is 0 Å². The van der Waals surface area contributed by atoms with Crippen molar-refractivity contribution in [1.82, 2.24) is 14.3 Å². The molecule has 2 aliphatic rings. The molecule has 0 atom stereocenters. The molecule has 5 rings (SSSR count). The van der Waals surface area contributed by atoms with Crippen LogP contribution in [-0.4, -0.2) is 20.3 Å². The number of fused-ring (bicyclic) bond motifs is 3. The van der Waals surface area contributed by atoms with Gasteiger partial charge in [-0.2, -0.15) is 5.10 Å². The van der Waals surface area contributed by atoms with Crippen molar-refractivity contribution in [3.8, 4) is 11.3 Å². The summed E-state index contributed by atoms with van der Waals surface area (Å²) in [5.41, 5.74) is 5.02. The fourth-order valence-corrected chi connectivity index (χ4v) is 4.38. The van der Waals surface area contributed by atoms with E-state index in [1.54, 1.807) is 12.3 Å². The molecule has 3 aromatic carbocycles. The first-order chi connectivity index (χ1) is 16.4. The highest BCUT2D eigenvalue weighted by atomic mass is 19.1. The Morgan fingerprint density at radius 1 is 1.00 bits per heavy atom. The second-order valence-electron chi connectivity index (χ2n) is 8.55. The number of carbonyl (C=O) groups is 1. The molecule has 0 aliphatic carbocycles. The van der Waals surface area contributed by atoms with Gasteiger partial charge in [0.15, 0.2) is 0 Å². The van der Waals surface area contributed by atoms with Crippen LogP contribution >= 0.6 is 0 Å². The molecule has 6 nitrogen and oxygen atoms in total. The molecule has 170 valence electrons. The minimum atomic E-state index is -0.343. The number of aryl methyl sites for hydroxylation is 2. The van der Waals surface area contributed by atoms with Gasteiger partial charge in [0.2, 0.25) is 5.91 Å². The summed E-state index contributed by atoms with van der Waals surface area (Å²) < 4.78 is 16.8. The van der Waals surface area contributed by atoms with Crippen molar-refractivity contribution < 1.29 is 9.18 Å². The lowest BCUT2D eigenvalue weighted by molar-refractivity contribution is -0.116. The number of aromatic nitrogens is 3. The van der Waals surface area contributed by atoms with Crippen LogP contribution in [-0.2, 0) is 17.9 Å². The van der Waals surface area contributed by atoms with Crippen LogP contribution in [0.3, 0.4) is 0 Å². The monoisotopic (exact) mass is 454 g/mol. The summed E-state index contributed by atoms with van der Waals surface area (Å²) in [6.45, 7) is 4.12. The maximum absolute atomic E-state index is 13.7. The molecule has 7 heteroatoms. The lowest BCUT2D eigenvalue weighted by atomic mass is 10.1. The number of hydrogen-bond donors (Lipinski definition) is 1. The first-order valence-corrected chi connectivity index (χ1v) is 11.0. The van der Waals surface area contributed by atoms with Crippen LogP contribution in [0.2, 0.25) is 0 Å². The first-order valence-electron chi connectivity index (χ1n) is 11.0. The Morgan fingerprint density at radius 3 is 2.53 bits per heavy atom. The summed E-state index contributed by atoms with van der Waals surface area (Å²) in [6, 6.07) is 19.8. The molecular weight excluding hydrogens is 431 g/mol. The lowest BCUT2D eigenvalue weighted by Gasteiger charge is -2.14. The van der Waals surface area contributed by atoms with Crippen LogP contribution < -0.4 is 10.9 Å². The van der Waals surface area contributed by atoms with E-state index in [4.69, 9.17) is 0 Å². The molecule has 3 aromatic rings. The van der Waals surface area contributed by atoms with E-state index in [2.05, 4.69) is 10.4 Å². The predicted octanol–water partition coefficient (Wildman–Crippen LogP) is 4.75. The Hall–Kier alpha value is -4.26. The van der Waals surface area contributed by atoms with Crippen molar-refractivity contribution in [3.63, 3.8) is 0 Å². The number of anilines is 1. The van der Waals surface area contributed by atoms with Crippen molar-refractivity contribution in [3.05, 3.63) is 106 Å².